The first-order valence-electron chi connectivity index (χ1n) is 10.1. The second-order valence-electron chi connectivity index (χ2n) is 7.90. The van der Waals surface area contributed by atoms with Gasteiger partial charge in [-0.25, -0.2) is 0 Å². The molecule has 144 valence electrons. The van der Waals surface area contributed by atoms with Crippen LogP contribution in [-0.4, -0.2) is 77.0 Å². The number of amides is 1. The Hall–Kier alpha value is -1.44. The number of carbonyl (C=O) groups is 1. The third-order valence-electron chi connectivity index (χ3n) is 5.74. The van der Waals surface area contributed by atoms with E-state index in [1.54, 1.807) is 0 Å². The molecule has 0 spiro atoms. The number of rotatable bonds is 6. The molecule has 26 heavy (non-hydrogen) atoms. The quantitative estimate of drug-likeness (QED) is 0.817. The molecule has 3 aliphatic rings. The van der Waals surface area contributed by atoms with Crippen molar-refractivity contribution < 1.29 is 9.53 Å². The van der Waals surface area contributed by atoms with Crippen molar-refractivity contribution in [3.63, 3.8) is 0 Å². The standard InChI is InChI=1S/C19H31N5O2/c1-22-13-15(11-21-22)19-17(14-23-7-3-2-4-8-23)26-10-9-24(19)18(25)12-20-16-5-6-16/h11,13,16-17,19-20H,2-10,12,14H2,1H3/t17-,19-/m0/s1. The smallest absolute Gasteiger partial charge is 0.237 e. The SMILES string of the molecule is Cn1cc([C@H]2[C@H](CN3CCCCC3)OCCN2C(=O)CNC2CC2)cn1. The van der Waals surface area contributed by atoms with Gasteiger partial charge >= 0.3 is 0 Å². The van der Waals surface area contributed by atoms with Crippen molar-refractivity contribution >= 4 is 5.91 Å². The molecule has 3 fully saturated rings. The van der Waals surface area contributed by atoms with Crippen molar-refractivity contribution in [2.45, 2.75) is 50.3 Å². The summed E-state index contributed by atoms with van der Waals surface area (Å²) in [6.07, 6.45) is 10.2. The van der Waals surface area contributed by atoms with Gasteiger partial charge in [0.2, 0.25) is 5.91 Å². The Morgan fingerprint density at radius 2 is 2.08 bits per heavy atom. The zero-order valence-corrected chi connectivity index (χ0v) is 15.8. The summed E-state index contributed by atoms with van der Waals surface area (Å²) in [5.74, 6) is 0.178. The summed E-state index contributed by atoms with van der Waals surface area (Å²) in [5, 5.41) is 7.71. The van der Waals surface area contributed by atoms with Gasteiger partial charge in [0.05, 0.1) is 31.5 Å². The second kappa shape index (κ2) is 8.06. The largest absolute Gasteiger partial charge is 0.373 e. The van der Waals surface area contributed by atoms with E-state index in [1.807, 2.05) is 29.0 Å². The van der Waals surface area contributed by atoms with Gasteiger partial charge in [0.25, 0.3) is 0 Å². The van der Waals surface area contributed by atoms with Crippen molar-refractivity contribution in [2.24, 2.45) is 7.05 Å². The Bertz CT molecular complexity index is 609. The molecule has 1 amide bonds. The molecule has 2 saturated heterocycles. The maximum Gasteiger partial charge on any atom is 0.237 e. The van der Waals surface area contributed by atoms with Crippen molar-refractivity contribution in [1.82, 2.24) is 24.9 Å². The van der Waals surface area contributed by atoms with Crippen molar-refractivity contribution in [3.8, 4) is 0 Å². The molecule has 1 aromatic rings. The predicted molar refractivity (Wildman–Crippen MR) is 98.7 cm³/mol. The minimum Gasteiger partial charge on any atom is -0.373 e. The summed E-state index contributed by atoms with van der Waals surface area (Å²) < 4.78 is 7.99. The molecule has 0 unspecified atom stereocenters. The third-order valence-corrected chi connectivity index (χ3v) is 5.74. The fraction of sp³-hybridized carbons (Fsp3) is 0.789. The van der Waals surface area contributed by atoms with Gasteiger partial charge in [0.1, 0.15) is 0 Å². The number of aryl methyl sites for hydroxylation is 1. The molecule has 1 N–H and O–H groups in total. The molecule has 7 heteroatoms. The van der Waals surface area contributed by atoms with Crippen LogP contribution in [0.25, 0.3) is 0 Å². The first-order chi connectivity index (χ1) is 12.7. The maximum atomic E-state index is 12.9. The number of carbonyl (C=O) groups excluding carboxylic acids is 1. The lowest BCUT2D eigenvalue weighted by Gasteiger charge is -2.43. The third kappa shape index (κ3) is 4.27. The Kier molecular flexibility index (Phi) is 5.57. The van der Waals surface area contributed by atoms with Crippen LogP contribution in [0.3, 0.4) is 0 Å². The lowest BCUT2D eigenvalue weighted by Crippen LogP contribution is -2.54. The average molecular weight is 361 g/mol. The zero-order chi connectivity index (χ0) is 17.9. The van der Waals surface area contributed by atoms with E-state index >= 15 is 0 Å². The lowest BCUT2D eigenvalue weighted by atomic mass is 9.99. The summed E-state index contributed by atoms with van der Waals surface area (Å²) >= 11 is 0. The number of likely N-dealkylation sites (tertiary alicyclic amines) is 1. The molecule has 0 aromatic carbocycles. The van der Waals surface area contributed by atoms with E-state index in [-0.39, 0.29) is 18.1 Å². The first-order valence-corrected chi connectivity index (χ1v) is 10.1. The summed E-state index contributed by atoms with van der Waals surface area (Å²) in [7, 11) is 1.92. The normalized spacial score (nSPS) is 27.7. The van der Waals surface area contributed by atoms with Gasteiger partial charge in [0, 0.05) is 37.9 Å². The minimum absolute atomic E-state index is 0.0101. The highest BCUT2D eigenvalue weighted by atomic mass is 16.5. The van der Waals surface area contributed by atoms with Crippen LogP contribution in [0.15, 0.2) is 12.4 Å². The van der Waals surface area contributed by atoms with Gasteiger partial charge in [-0.05, 0) is 38.8 Å². The van der Waals surface area contributed by atoms with E-state index in [9.17, 15) is 4.79 Å². The number of morpholine rings is 1. The zero-order valence-electron chi connectivity index (χ0n) is 15.8. The first kappa shape index (κ1) is 17.9. The van der Waals surface area contributed by atoms with Crippen molar-refractivity contribution in [1.29, 1.82) is 0 Å². The topological polar surface area (TPSA) is 62.6 Å². The van der Waals surface area contributed by atoms with Crippen LogP contribution in [0.2, 0.25) is 0 Å². The van der Waals surface area contributed by atoms with Gasteiger partial charge < -0.3 is 19.9 Å². The molecule has 3 heterocycles. The highest BCUT2D eigenvalue weighted by Gasteiger charge is 2.38. The van der Waals surface area contributed by atoms with Crippen LogP contribution in [0, 0.1) is 0 Å². The number of hydrogen-bond donors (Lipinski definition) is 1. The van der Waals surface area contributed by atoms with Crippen LogP contribution in [0.1, 0.15) is 43.7 Å². The fourth-order valence-corrected chi connectivity index (χ4v) is 4.17. The Labute approximate surface area is 155 Å². The van der Waals surface area contributed by atoms with Crippen LogP contribution in [0.5, 0.6) is 0 Å². The van der Waals surface area contributed by atoms with Gasteiger partial charge in [0.15, 0.2) is 0 Å². The fourth-order valence-electron chi connectivity index (χ4n) is 4.17. The number of ether oxygens (including phenoxy) is 1. The van der Waals surface area contributed by atoms with E-state index in [2.05, 4.69) is 15.3 Å². The minimum atomic E-state index is -0.0483. The van der Waals surface area contributed by atoms with Gasteiger partial charge in [-0.1, -0.05) is 6.42 Å². The molecule has 1 aliphatic carbocycles. The van der Waals surface area contributed by atoms with Gasteiger partial charge in [-0.3, -0.25) is 9.48 Å². The van der Waals surface area contributed by atoms with E-state index in [0.29, 0.717) is 25.7 Å². The Morgan fingerprint density at radius 1 is 1.27 bits per heavy atom. The highest BCUT2D eigenvalue weighted by Crippen LogP contribution is 2.31. The van der Waals surface area contributed by atoms with Crippen LogP contribution >= 0.6 is 0 Å². The number of piperidine rings is 1. The molecule has 4 rings (SSSR count). The van der Waals surface area contributed by atoms with Crippen LogP contribution in [0.4, 0.5) is 0 Å². The Balaban J connectivity index is 1.50. The number of nitrogens with one attached hydrogen (secondary N) is 1. The number of hydrogen-bond acceptors (Lipinski definition) is 5. The molecular weight excluding hydrogens is 330 g/mol. The van der Waals surface area contributed by atoms with Crippen molar-refractivity contribution in [3.05, 3.63) is 18.0 Å². The van der Waals surface area contributed by atoms with Crippen molar-refractivity contribution in [2.75, 3.05) is 39.3 Å². The molecule has 1 aromatic heterocycles. The van der Waals surface area contributed by atoms with Crippen LogP contribution < -0.4 is 5.32 Å². The van der Waals surface area contributed by atoms with E-state index in [1.165, 1.54) is 32.1 Å². The summed E-state index contributed by atoms with van der Waals surface area (Å²) in [4.78, 5) is 17.4. The monoisotopic (exact) mass is 361 g/mol. The predicted octanol–water partition coefficient (Wildman–Crippen LogP) is 0.927. The highest BCUT2D eigenvalue weighted by molar-refractivity contribution is 5.79. The van der Waals surface area contributed by atoms with E-state index in [4.69, 9.17) is 4.74 Å². The number of nitrogens with zero attached hydrogens (tertiary/aromatic N) is 4. The van der Waals surface area contributed by atoms with E-state index in [0.717, 1.165) is 25.2 Å². The molecule has 7 nitrogen and oxygen atoms in total. The van der Waals surface area contributed by atoms with Gasteiger partial charge in [-0.15, -0.1) is 0 Å². The molecule has 0 bridgehead atoms. The average Bonchev–Trinajstić information content (AvgIpc) is 3.40. The number of aromatic nitrogens is 2. The molecule has 2 aliphatic heterocycles. The summed E-state index contributed by atoms with van der Waals surface area (Å²) in [5.41, 5.74) is 1.08. The molecular formula is C19H31N5O2. The Morgan fingerprint density at radius 3 is 2.77 bits per heavy atom. The summed E-state index contributed by atoms with van der Waals surface area (Å²) in [6.45, 7) is 4.86. The lowest BCUT2D eigenvalue weighted by molar-refractivity contribution is -0.147. The second-order valence-corrected chi connectivity index (χ2v) is 7.90. The molecule has 0 radical (unpaired) electrons. The molecule has 1 saturated carbocycles. The van der Waals surface area contributed by atoms with E-state index < -0.39 is 0 Å². The van der Waals surface area contributed by atoms with Gasteiger partial charge in [-0.2, -0.15) is 5.10 Å². The summed E-state index contributed by atoms with van der Waals surface area (Å²) in [6, 6.07) is 0.494. The molecule has 2 atom stereocenters. The maximum absolute atomic E-state index is 12.9. The van der Waals surface area contributed by atoms with Crippen LogP contribution in [-0.2, 0) is 16.6 Å².